The number of hydrogen-bond donors (Lipinski definition) is 1. The van der Waals surface area contributed by atoms with Crippen LogP contribution >= 0.6 is 34.8 Å². The van der Waals surface area contributed by atoms with E-state index in [4.69, 9.17) is 39.9 Å². The van der Waals surface area contributed by atoms with E-state index in [0.29, 0.717) is 5.88 Å². The molecule has 0 rings (SSSR count). The molecule has 0 fully saturated rings. The highest BCUT2D eigenvalue weighted by Crippen LogP contribution is 1.88. The van der Waals surface area contributed by atoms with Crippen LogP contribution in [0.5, 0.6) is 0 Å². The van der Waals surface area contributed by atoms with E-state index in [1.54, 1.807) is 6.08 Å². The molecule has 0 aliphatic carbocycles. The Kier molecular flexibility index (Phi) is 16.2. The first-order chi connectivity index (χ1) is 4.72. The van der Waals surface area contributed by atoms with Gasteiger partial charge >= 0.3 is 0 Å². The predicted molar refractivity (Wildman–Crippen MR) is 48.4 cm³/mol. The average Bonchev–Trinajstić information content (AvgIpc) is 2.03. The van der Waals surface area contributed by atoms with E-state index in [-0.39, 0.29) is 11.8 Å². The normalized spacial score (nSPS) is 8.50. The molecule has 0 heterocycles. The van der Waals surface area contributed by atoms with Crippen molar-refractivity contribution in [3.05, 3.63) is 12.7 Å². The van der Waals surface area contributed by atoms with Gasteiger partial charge in [0, 0.05) is 17.6 Å². The molecule has 0 atom stereocenters. The Morgan fingerprint density at radius 2 is 1.60 bits per heavy atom. The lowest BCUT2D eigenvalue weighted by Gasteiger charge is -1.94. The van der Waals surface area contributed by atoms with Gasteiger partial charge in [-0.05, 0) is 0 Å². The highest BCUT2D eigenvalue weighted by atomic mass is 35.5. The Hall–Kier alpha value is 0.570. The van der Waals surface area contributed by atoms with Gasteiger partial charge in [-0.25, -0.2) is 0 Å². The third-order valence-electron chi connectivity index (χ3n) is 0.465. The fourth-order valence-corrected chi connectivity index (χ4v) is 0.371. The van der Waals surface area contributed by atoms with Crippen LogP contribution in [0, 0.1) is 0 Å². The molecule has 0 aromatic heterocycles. The van der Waals surface area contributed by atoms with Gasteiger partial charge in [0.05, 0.1) is 6.10 Å². The molecule has 0 bridgehead atoms. The Labute approximate surface area is 76.6 Å². The van der Waals surface area contributed by atoms with E-state index < -0.39 is 6.10 Å². The summed E-state index contributed by atoms with van der Waals surface area (Å²) >= 11 is 15.3. The molecule has 62 valence electrons. The molecule has 0 aromatic carbocycles. The van der Waals surface area contributed by atoms with Crippen molar-refractivity contribution in [1.29, 1.82) is 0 Å². The fraction of sp³-hybridized carbons (Fsp3) is 0.667. The smallest absolute Gasteiger partial charge is 0.0810 e. The topological polar surface area (TPSA) is 20.2 Å². The molecular formula is C6H11Cl3O. The van der Waals surface area contributed by atoms with Gasteiger partial charge in [0.15, 0.2) is 0 Å². The van der Waals surface area contributed by atoms with Crippen LogP contribution in [0.1, 0.15) is 0 Å². The maximum Gasteiger partial charge on any atom is 0.0810 e. The maximum absolute atomic E-state index is 8.40. The second kappa shape index (κ2) is 12.3. The SMILES string of the molecule is C=CCCl.OC(CCl)CCl. The van der Waals surface area contributed by atoms with Gasteiger partial charge < -0.3 is 5.11 Å². The number of aliphatic hydroxyl groups is 1. The molecule has 0 spiro atoms. The fourth-order valence-electron chi connectivity index (χ4n) is 0.0412. The quantitative estimate of drug-likeness (QED) is 0.553. The highest BCUT2D eigenvalue weighted by molar-refractivity contribution is 6.21. The van der Waals surface area contributed by atoms with E-state index in [2.05, 4.69) is 6.58 Å². The molecule has 0 unspecified atom stereocenters. The Balaban J connectivity index is 0. The molecule has 0 aliphatic rings. The predicted octanol–water partition coefficient (Wildman–Crippen LogP) is 2.24. The minimum absolute atomic E-state index is 0.226. The molecule has 0 amide bonds. The molecular weight excluding hydrogens is 194 g/mol. The summed E-state index contributed by atoms with van der Waals surface area (Å²) < 4.78 is 0. The Morgan fingerprint density at radius 1 is 1.30 bits per heavy atom. The molecule has 4 heteroatoms. The van der Waals surface area contributed by atoms with Crippen molar-refractivity contribution < 1.29 is 5.11 Å². The number of alkyl halides is 3. The van der Waals surface area contributed by atoms with Crippen molar-refractivity contribution in [1.82, 2.24) is 0 Å². The molecule has 0 radical (unpaired) electrons. The number of allylic oxidation sites excluding steroid dienone is 1. The standard InChI is InChI=1S/C3H6Cl2O.C3H5Cl/c4-1-3(6)2-5;1-2-3-4/h3,6H,1-2H2;2H,1,3H2. The Bertz CT molecular complexity index is 64.0. The van der Waals surface area contributed by atoms with Crippen LogP contribution in [0.2, 0.25) is 0 Å². The second-order valence-corrected chi connectivity index (χ2v) is 2.33. The third kappa shape index (κ3) is 15.8. The first-order valence-electron chi connectivity index (χ1n) is 2.69. The summed E-state index contributed by atoms with van der Waals surface area (Å²) in [5, 5.41) is 8.40. The zero-order valence-electron chi connectivity index (χ0n) is 5.56. The van der Waals surface area contributed by atoms with E-state index in [1.165, 1.54) is 0 Å². The van der Waals surface area contributed by atoms with Crippen LogP contribution in [0.4, 0.5) is 0 Å². The van der Waals surface area contributed by atoms with E-state index >= 15 is 0 Å². The highest BCUT2D eigenvalue weighted by Gasteiger charge is 1.94. The van der Waals surface area contributed by atoms with Crippen LogP contribution < -0.4 is 0 Å². The van der Waals surface area contributed by atoms with Crippen LogP contribution in [0.15, 0.2) is 12.7 Å². The summed E-state index contributed by atoms with van der Waals surface area (Å²) in [6, 6.07) is 0. The molecule has 0 saturated heterocycles. The summed E-state index contributed by atoms with van der Waals surface area (Å²) in [7, 11) is 0. The largest absolute Gasteiger partial charge is 0.391 e. The van der Waals surface area contributed by atoms with Gasteiger partial charge in [0.25, 0.3) is 0 Å². The van der Waals surface area contributed by atoms with Gasteiger partial charge in [-0.2, -0.15) is 0 Å². The van der Waals surface area contributed by atoms with Gasteiger partial charge in [0.1, 0.15) is 0 Å². The molecule has 0 saturated carbocycles. The van der Waals surface area contributed by atoms with Crippen LogP contribution in [-0.2, 0) is 0 Å². The second-order valence-electron chi connectivity index (χ2n) is 1.41. The molecule has 1 nitrogen and oxygen atoms in total. The van der Waals surface area contributed by atoms with Crippen LogP contribution in [-0.4, -0.2) is 28.9 Å². The van der Waals surface area contributed by atoms with Crippen molar-refractivity contribution in [3.8, 4) is 0 Å². The minimum atomic E-state index is -0.534. The Morgan fingerprint density at radius 3 is 1.60 bits per heavy atom. The van der Waals surface area contributed by atoms with Crippen molar-refractivity contribution in [2.45, 2.75) is 6.10 Å². The molecule has 10 heavy (non-hydrogen) atoms. The summed E-state index contributed by atoms with van der Waals surface area (Å²) in [4.78, 5) is 0. The number of halogens is 3. The molecule has 0 aromatic rings. The first-order valence-corrected chi connectivity index (χ1v) is 4.30. The number of hydrogen-bond acceptors (Lipinski definition) is 1. The van der Waals surface area contributed by atoms with Gasteiger partial charge in [-0.1, -0.05) is 6.08 Å². The number of aliphatic hydroxyl groups excluding tert-OH is 1. The average molecular weight is 206 g/mol. The summed E-state index contributed by atoms with van der Waals surface area (Å²) in [5.41, 5.74) is 0. The third-order valence-corrected chi connectivity index (χ3v) is 1.40. The van der Waals surface area contributed by atoms with Crippen molar-refractivity contribution >= 4 is 34.8 Å². The lowest BCUT2D eigenvalue weighted by atomic mass is 10.5. The van der Waals surface area contributed by atoms with Gasteiger partial charge in [-0.15, -0.1) is 41.4 Å². The lowest BCUT2D eigenvalue weighted by Crippen LogP contribution is -2.08. The van der Waals surface area contributed by atoms with Gasteiger partial charge in [-0.3, -0.25) is 0 Å². The zero-order chi connectivity index (χ0) is 8.41. The summed E-state index contributed by atoms with van der Waals surface area (Å²) in [6.45, 7) is 3.35. The van der Waals surface area contributed by atoms with E-state index in [0.717, 1.165) is 0 Å². The first kappa shape index (κ1) is 13.2. The molecule has 0 aliphatic heterocycles. The van der Waals surface area contributed by atoms with E-state index in [9.17, 15) is 0 Å². The zero-order valence-corrected chi connectivity index (χ0v) is 7.83. The minimum Gasteiger partial charge on any atom is -0.391 e. The summed E-state index contributed by atoms with van der Waals surface area (Å²) in [5.74, 6) is 1.01. The number of rotatable bonds is 3. The monoisotopic (exact) mass is 204 g/mol. The van der Waals surface area contributed by atoms with Crippen LogP contribution in [0.3, 0.4) is 0 Å². The van der Waals surface area contributed by atoms with Crippen molar-refractivity contribution in [2.24, 2.45) is 0 Å². The molecule has 1 N–H and O–H groups in total. The van der Waals surface area contributed by atoms with Gasteiger partial charge in [0.2, 0.25) is 0 Å². The van der Waals surface area contributed by atoms with E-state index in [1.807, 2.05) is 0 Å². The van der Waals surface area contributed by atoms with Crippen LogP contribution in [0.25, 0.3) is 0 Å². The van der Waals surface area contributed by atoms with Crippen molar-refractivity contribution in [3.63, 3.8) is 0 Å². The maximum atomic E-state index is 8.40. The summed E-state index contributed by atoms with van der Waals surface area (Å²) in [6.07, 6.45) is 1.11. The lowest BCUT2D eigenvalue weighted by molar-refractivity contribution is 0.222. The van der Waals surface area contributed by atoms with Crippen molar-refractivity contribution in [2.75, 3.05) is 17.6 Å².